The predicted octanol–water partition coefficient (Wildman–Crippen LogP) is 3.91. The molecule has 0 spiro atoms. The van der Waals surface area contributed by atoms with Gasteiger partial charge in [0.15, 0.2) is 5.78 Å². The molecule has 3 rings (SSSR count). The number of hydrogen-bond donors (Lipinski definition) is 0. The molecule has 0 radical (unpaired) electrons. The molecule has 0 fully saturated rings. The number of carbonyl (C=O) groups is 1. The van der Waals surface area contributed by atoms with Gasteiger partial charge in [-0.3, -0.25) is 9.78 Å². The molecule has 0 aliphatic carbocycles. The van der Waals surface area contributed by atoms with Gasteiger partial charge in [-0.15, -0.1) is 0 Å². The normalized spacial score (nSPS) is 10.7. The molecule has 3 aromatic rings. The number of ketones is 1. The Labute approximate surface area is 115 Å². The van der Waals surface area contributed by atoms with E-state index in [0.29, 0.717) is 5.56 Å². The maximum Gasteiger partial charge on any atom is 0.198 e. The average molecular weight is 265 g/mol. The molecule has 3 heteroatoms. The minimum atomic E-state index is -0.497. The van der Waals surface area contributed by atoms with E-state index in [1.54, 1.807) is 19.2 Å². The molecule has 2 nitrogen and oxygen atoms in total. The monoisotopic (exact) mass is 265 g/mol. The first-order valence-electron chi connectivity index (χ1n) is 6.30. The van der Waals surface area contributed by atoms with Gasteiger partial charge in [0.1, 0.15) is 5.82 Å². The lowest BCUT2D eigenvalue weighted by Gasteiger charge is -2.06. The summed E-state index contributed by atoms with van der Waals surface area (Å²) >= 11 is 0. The van der Waals surface area contributed by atoms with Gasteiger partial charge in [0.05, 0.1) is 5.56 Å². The van der Waals surface area contributed by atoms with E-state index in [-0.39, 0.29) is 11.3 Å². The Hall–Kier alpha value is -2.55. The fourth-order valence-corrected chi connectivity index (χ4v) is 2.25. The van der Waals surface area contributed by atoms with Gasteiger partial charge in [0, 0.05) is 23.3 Å². The molecule has 0 atom stereocenters. The van der Waals surface area contributed by atoms with Crippen molar-refractivity contribution in [2.75, 3.05) is 0 Å². The summed E-state index contributed by atoms with van der Waals surface area (Å²) in [7, 11) is 0. The summed E-state index contributed by atoms with van der Waals surface area (Å²) in [6.45, 7) is 1.79. The van der Waals surface area contributed by atoms with Crippen molar-refractivity contribution in [2.45, 2.75) is 6.92 Å². The largest absolute Gasteiger partial charge is 0.288 e. The van der Waals surface area contributed by atoms with Crippen LogP contribution >= 0.6 is 0 Å². The summed E-state index contributed by atoms with van der Waals surface area (Å²) in [5, 5.41) is 1.65. The Kier molecular flexibility index (Phi) is 3.03. The van der Waals surface area contributed by atoms with Crippen molar-refractivity contribution in [3.05, 3.63) is 77.4 Å². The number of aryl methyl sites for hydroxylation is 1. The smallest absolute Gasteiger partial charge is 0.198 e. The number of rotatable bonds is 2. The van der Waals surface area contributed by atoms with E-state index >= 15 is 0 Å². The minimum Gasteiger partial charge on any atom is -0.288 e. The van der Waals surface area contributed by atoms with Gasteiger partial charge in [-0.05, 0) is 30.0 Å². The molecule has 0 bridgehead atoms. The summed E-state index contributed by atoms with van der Waals surface area (Å²) in [5.74, 6) is -0.838. The summed E-state index contributed by atoms with van der Waals surface area (Å²) < 4.78 is 13.9. The lowest BCUT2D eigenvalue weighted by molar-refractivity contribution is 0.103. The van der Waals surface area contributed by atoms with Crippen LogP contribution in [0, 0.1) is 12.7 Å². The SMILES string of the molecule is Cc1ccc(C(=O)c2cncc3ccccc23)c(F)c1. The van der Waals surface area contributed by atoms with Crippen molar-refractivity contribution < 1.29 is 9.18 Å². The first-order valence-corrected chi connectivity index (χ1v) is 6.30. The van der Waals surface area contributed by atoms with Crippen molar-refractivity contribution in [1.82, 2.24) is 4.98 Å². The molecule has 98 valence electrons. The van der Waals surface area contributed by atoms with Crippen molar-refractivity contribution >= 4 is 16.6 Å². The zero-order valence-electron chi connectivity index (χ0n) is 10.9. The Morgan fingerprint density at radius 1 is 1.05 bits per heavy atom. The number of pyridine rings is 1. The van der Waals surface area contributed by atoms with Gasteiger partial charge in [-0.2, -0.15) is 0 Å². The molecule has 0 saturated heterocycles. The number of aromatic nitrogens is 1. The third-order valence-electron chi connectivity index (χ3n) is 3.28. The van der Waals surface area contributed by atoms with Crippen LogP contribution in [0.5, 0.6) is 0 Å². The van der Waals surface area contributed by atoms with E-state index in [4.69, 9.17) is 0 Å². The molecule has 0 N–H and O–H groups in total. The highest BCUT2D eigenvalue weighted by Gasteiger charge is 2.16. The molecule has 0 aliphatic rings. The first-order chi connectivity index (χ1) is 9.66. The fourth-order valence-electron chi connectivity index (χ4n) is 2.25. The van der Waals surface area contributed by atoms with E-state index < -0.39 is 5.82 Å². The standard InChI is InChI=1S/C17H12FNO/c1-11-6-7-14(16(18)8-11)17(20)15-10-19-9-12-4-2-3-5-13(12)15/h2-10H,1H3. The molecule has 20 heavy (non-hydrogen) atoms. The lowest BCUT2D eigenvalue weighted by Crippen LogP contribution is -2.05. The molecule has 0 saturated carbocycles. The summed E-state index contributed by atoms with van der Waals surface area (Å²) in [6.07, 6.45) is 3.18. The number of nitrogens with zero attached hydrogens (tertiary/aromatic N) is 1. The third-order valence-corrected chi connectivity index (χ3v) is 3.28. The van der Waals surface area contributed by atoms with Crippen LogP contribution in [0.1, 0.15) is 21.5 Å². The highest BCUT2D eigenvalue weighted by molar-refractivity contribution is 6.16. The number of benzene rings is 2. The Balaban J connectivity index is 2.18. The maximum absolute atomic E-state index is 13.9. The van der Waals surface area contributed by atoms with Gasteiger partial charge in [0.2, 0.25) is 0 Å². The molecule has 0 aliphatic heterocycles. The first kappa shape index (κ1) is 12.5. The lowest BCUT2D eigenvalue weighted by atomic mass is 9.98. The number of hydrogen-bond acceptors (Lipinski definition) is 2. The number of halogens is 1. The average Bonchev–Trinajstić information content (AvgIpc) is 2.46. The minimum absolute atomic E-state index is 0.0775. The van der Waals surface area contributed by atoms with Gasteiger partial charge < -0.3 is 0 Å². The van der Waals surface area contributed by atoms with Crippen molar-refractivity contribution in [3.63, 3.8) is 0 Å². The second-order valence-corrected chi connectivity index (χ2v) is 4.72. The molecule has 1 heterocycles. The van der Waals surface area contributed by atoms with Crippen LogP contribution in [-0.4, -0.2) is 10.8 Å². The summed E-state index contributed by atoms with van der Waals surface area (Å²) in [5.41, 5.74) is 1.29. The quantitative estimate of drug-likeness (QED) is 0.657. The van der Waals surface area contributed by atoms with Crippen LogP contribution in [-0.2, 0) is 0 Å². The molecule has 2 aromatic carbocycles. The molecular weight excluding hydrogens is 253 g/mol. The molecule has 0 unspecified atom stereocenters. The van der Waals surface area contributed by atoms with Crippen LogP contribution in [0.4, 0.5) is 4.39 Å². The third kappa shape index (κ3) is 2.07. The summed E-state index contributed by atoms with van der Waals surface area (Å²) in [6, 6.07) is 12.1. The van der Waals surface area contributed by atoms with Crippen LogP contribution in [0.25, 0.3) is 10.8 Å². The predicted molar refractivity (Wildman–Crippen MR) is 76.3 cm³/mol. The van der Waals surface area contributed by atoms with Gasteiger partial charge in [0.25, 0.3) is 0 Å². The molecular formula is C17H12FNO. The van der Waals surface area contributed by atoms with E-state index in [0.717, 1.165) is 16.3 Å². The Bertz CT molecular complexity index is 806. The maximum atomic E-state index is 13.9. The van der Waals surface area contributed by atoms with E-state index in [1.807, 2.05) is 24.3 Å². The van der Waals surface area contributed by atoms with Crippen LogP contribution in [0.3, 0.4) is 0 Å². The molecule has 1 aromatic heterocycles. The Morgan fingerprint density at radius 3 is 2.65 bits per heavy atom. The van der Waals surface area contributed by atoms with Crippen LogP contribution in [0.15, 0.2) is 54.9 Å². The van der Waals surface area contributed by atoms with E-state index in [1.165, 1.54) is 18.3 Å². The van der Waals surface area contributed by atoms with Crippen molar-refractivity contribution in [1.29, 1.82) is 0 Å². The summed E-state index contributed by atoms with van der Waals surface area (Å²) in [4.78, 5) is 16.6. The second-order valence-electron chi connectivity index (χ2n) is 4.72. The topological polar surface area (TPSA) is 30.0 Å². The number of carbonyl (C=O) groups excluding carboxylic acids is 1. The van der Waals surface area contributed by atoms with Crippen molar-refractivity contribution in [3.8, 4) is 0 Å². The van der Waals surface area contributed by atoms with Crippen LogP contribution in [0.2, 0.25) is 0 Å². The van der Waals surface area contributed by atoms with Crippen LogP contribution < -0.4 is 0 Å². The van der Waals surface area contributed by atoms with Gasteiger partial charge in [-0.25, -0.2) is 4.39 Å². The zero-order chi connectivity index (χ0) is 14.1. The van der Waals surface area contributed by atoms with E-state index in [9.17, 15) is 9.18 Å². The zero-order valence-corrected chi connectivity index (χ0v) is 10.9. The highest BCUT2D eigenvalue weighted by Crippen LogP contribution is 2.21. The fraction of sp³-hybridized carbons (Fsp3) is 0.0588. The second kappa shape index (κ2) is 4.85. The van der Waals surface area contributed by atoms with Crippen molar-refractivity contribution in [2.24, 2.45) is 0 Å². The van der Waals surface area contributed by atoms with E-state index in [2.05, 4.69) is 4.98 Å². The number of fused-ring (bicyclic) bond motifs is 1. The Morgan fingerprint density at radius 2 is 1.85 bits per heavy atom. The van der Waals surface area contributed by atoms with Gasteiger partial charge >= 0.3 is 0 Å². The highest BCUT2D eigenvalue weighted by atomic mass is 19.1. The van der Waals surface area contributed by atoms with Gasteiger partial charge in [-0.1, -0.05) is 30.3 Å². The molecule has 0 amide bonds.